The van der Waals surface area contributed by atoms with Crippen LogP contribution in [-0.2, 0) is 13.5 Å². The zero-order valence-electron chi connectivity index (χ0n) is 11.1. The highest BCUT2D eigenvalue weighted by molar-refractivity contribution is 6.30. The maximum Gasteiger partial charge on any atom is 0.0778 e. The maximum atomic E-state index is 9.61. The van der Waals surface area contributed by atoms with E-state index in [0.29, 0.717) is 5.02 Å². The van der Waals surface area contributed by atoms with E-state index in [0.717, 1.165) is 23.4 Å². The van der Waals surface area contributed by atoms with Crippen LogP contribution in [0.2, 0.25) is 5.02 Å². The summed E-state index contributed by atoms with van der Waals surface area (Å²) in [6, 6.07) is 7.29. The van der Waals surface area contributed by atoms with Crippen molar-refractivity contribution in [3.8, 4) is 0 Å². The summed E-state index contributed by atoms with van der Waals surface area (Å²) in [6.07, 6.45) is 2.78. The molecular weight excluding hydrogens is 262 g/mol. The van der Waals surface area contributed by atoms with Gasteiger partial charge in [0.1, 0.15) is 0 Å². The van der Waals surface area contributed by atoms with E-state index in [9.17, 15) is 5.11 Å². The third kappa shape index (κ3) is 3.28. The van der Waals surface area contributed by atoms with E-state index < -0.39 is 0 Å². The third-order valence-electron chi connectivity index (χ3n) is 3.00. The van der Waals surface area contributed by atoms with Crippen molar-refractivity contribution in [1.82, 2.24) is 9.78 Å². The molecule has 0 saturated carbocycles. The normalized spacial score (nSPS) is 12.4. The fraction of sp³-hybridized carbons (Fsp3) is 0.357. The Kier molecular flexibility index (Phi) is 4.45. The van der Waals surface area contributed by atoms with Crippen LogP contribution in [0.1, 0.15) is 24.2 Å². The van der Waals surface area contributed by atoms with Crippen LogP contribution < -0.4 is 5.32 Å². The lowest BCUT2D eigenvalue weighted by Crippen LogP contribution is -2.15. The van der Waals surface area contributed by atoms with Crippen LogP contribution in [-0.4, -0.2) is 21.5 Å². The van der Waals surface area contributed by atoms with E-state index in [-0.39, 0.29) is 12.6 Å². The number of hydrogen-bond acceptors (Lipinski definition) is 3. The largest absolute Gasteiger partial charge is 0.394 e. The molecule has 2 N–H and O–H groups in total. The number of aliphatic hydroxyl groups excluding tert-OH is 1. The Balaban J connectivity index is 2.24. The highest BCUT2D eigenvalue weighted by Gasteiger charge is 2.17. The number of anilines is 1. The first-order chi connectivity index (χ1) is 9.13. The Morgan fingerprint density at radius 1 is 1.47 bits per heavy atom. The number of nitrogens with one attached hydrogen (secondary N) is 1. The lowest BCUT2D eigenvalue weighted by molar-refractivity contribution is 0.276. The molecule has 1 heterocycles. The molecule has 0 amide bonds. The lowest BCUT2D eigenvalue weighted by Gasteiger charge is -2.17. The second-order valence-electron chi connectivity index (χ2n) is 4.45. The first-order valence-electron chi connectivity index (χ1n) is 6.29. The van der Waals surface area contributed by atoms with Gasteiger partial charge in [0.15, 0.2) is 0 Å². The Morgan fingerprint density at radius 3 is 2.89 bits per heavy atom. The molecular formula is C14H18ClN3O. The molecule has 0 aliphatic carbocycles. The van der Waals surface area contributed by atoms with Crippen molar-refractivity contribution >= 4 is 17.3 Å². The van der Waals surface area contributed by atoms with Gasteiger partial charge in [0.05, 0.1) is 18.3 Å². The van der Waals surface area contributed by atoms with Gasteiger partial charge in [0.2, 0.25) is 0 Å². The van der Waals surface area contributed by atoms with Crippen LogP contribution in [0.4, 0.5) is 5.69 Å². The summed E-state index contributed by atoms with van der Waals surface area (Å²) < 4.78 is 1.77. The number of aryl methyl sites for hydroxylation is 2. The van der Waals surface area contributed by atoms with Gasteiger partial charge in [-0.25, -0.2) is 0 Å². The number of benzene rings is 1. The molecule has 2 aromatic rings. The van der Waals surface area contributed by atoms with Crippen molar-refractivity contribution in [2.75, 3.05) is 11.9 Å². The van der Waals surface area contributed by atoms with E-state index in [1.54, 1.807) is 4.68 Å². The zero-order valence-corrected chi connectivity index (χ0v) is 11.9. The average Bonchev–Trinajstić information content (AvgIpc) is 2.77. The van der Waals surface area contributed by atoms with E-state index in [1.165, 1.54) is 0 Å². The molecule has 2 rings (SSSR count). The predicted octanol–water partition coefficient (Wildman–Crippen LogP) is 2.78. The van der Waals surface area contributed by atoms with E-state index in [4.69, 9.17) is 11.6 Å². The van der Waals surface area contributed by atoms with Crippen LogP contribution in [0.25, 0.3) is 0 Å². The fourth-order valence-electron chi connectivity index (χ4n) is 2.12. The minimum atomic E-state index is -0.179. The molecule has 1 atom stereocenters. The molecule has 102 valence electrons. The molecule has 0 aliphatic heterocycles. The minimum Gasteiger partial charge on any atom is -0.394 e. The van der Waals surface area contributed by atoms with Gasteiger partial charge in [-0.05, 0) is 24.6 Å². The van der Waals surface area contributed by atoms with E-state index in [2.05, 4.69) is 17.3 Å². The van der Waals surface area contributed by atoms with Crippen molar-refractivity contribution in [2.24, 2.45) is 7.05 Å². The Labute approximate surface area is 118 Å². The Bertz CT molecular complexity index is 553. The maximum absolute atomic E-state index is 9.61. The van der Waals surface area contributed by atoms with Crippen molar-refractivity contribution in [3.05, 3.63) is 46.7 Å². The quantitative estimate of drug-likeness (QED) is 0.885. The smallest absolute Gasteiger partial charge is 0.0778 e. The van der Waals surface area contributed by atoms with E-state index >= 15 is 0 Å². The highest BCUT2D eigenvalue weighted by Crippen LogP contribution is 2.24. The van der Waals surface area contributed by atoms with Crippen molar-refractivity contribution in [3.63, 3.8) is 0 Å². The summed E-state index contributed by atoms with van der Waals surface area (Å²) in [7, 11) is 1.89. The number of rotatable bonds is 5. The molecule has 0 bridgehead atoms. The summed E-state index contributed by atoms with van der Waals surface area (Å²) in [6.45, 7) is 2.06. The van der Waals surface area contributed by atoms with Gasteiger partial charge in [0, 0.05) is 29.5 Å². The molecule has 1 unspecified atom stereocenters. The van der Waals surface area contributed by atoms with Crippen LogP contribution in [0.5, 0.6) is 0 Å². The monoisotopic (exact) mass is 279 g/mol. The number of nitrogens with zero attached hydrogens (tertiary/aromatic N) is 2. The average molecular weight is 280 g/mol. The summed E-state index contributed by atoms with van der Waals surface area (Å²) in [4.78, 5) is 0. The second-order valence-corrected chi connectivity index (χ2v) is 4.88. The number of halogens is 1. The van der Waals surface area contributed by atoms with Gasteiger partial charge in [0.25, 0.3) is 0 Å². The summed E-state index contributed by atoms with van der Waals surface area (Å²) in [5.41, 5.74) is 2.90. The molecule has 4 nitrogen and oxygen atoms in total. The van der Waals surface area contributed by atoms with Gasteiger partial charge in [-0.1, -0.05) is 24.6 Å². The molecule has 0 fully saturated rings. The highest BCUT2D eigenvalue weighted by atomic mass is 35.5. The minimum absolute atomic E-state index is 0.00517. The SMILES string of the molecule is CCc1nn(C)cc1C(CO)Nc1cccc(Cl)c1. The van der Waals surface area contributed by atoms with Gasteiger partial charge in [-0.2, -0.15) is 5.10 Å². The lowest BCUT2D eigenvalue weighted by atomic mass is 10.1. The number of aromatic nitrogens is 2. The van der Waals surface area contributed by atoms with Crippen molar-refractivity contribution < 1.29 is 5.11 Å². The fourth-order valence-corrected chi connectivity index (χ4v) is 2.31. The molecule has 5 heteroatoms. The van der Waals surface area contributed by atoms with Crippen molar-refractivity contribution in [2.45, 2.75) is 19.4 Å². The third-order valence-corrected chi connectivity index (χ3v) is 3.23. The zero-order chi connectivity index (χ0) is 13.8. The van der Waals surface area contributed by atoms with Gasteiger partial charge in [-0.3, -0.25) is 4.68 Å². The second kappa shape index (κ2) is 6.08. The first-order valence-corrected chi connectivity index (χ1v) is 6.67. The molecule has 0 spiro atoms. The van der Waals surface area contributed by atoms with Gasteiger partial charge < -0.3 is 10.4 Å². The molecule has 0 saturated heterocycles. The van der Waals surface area contributed by atoms with Crippen LogP contribution in [0, 0.1) is 0 Å². The van der Waals surface area contributed by atoms with Crippen molar-refractivity contribution in [1.29, 1.82) is 0 Å². The summed E-state index contributed by atoms with van der Waals surface area (Å²) in [5.74, 6) is 0. The predicted molar refractivity (Wildman–Crippen MR) is 77.5 cm³/mol. The first kappa shape index (κ1) is 13.9. The summed E-state index contributed by atoms with van der Waals surface area (Å²) in [5, 5.41) is 18.0. The van der Waals surface area contributed by atoms with Crippen LogP contribution in [0.15, 0.2) is 30.5 Å². The van der Waals surface area contributed by atoms with Crippen LogP contribution >= 0.6 is 11.6 Å². The topological polar surface area (TPSA) is 50.1 Å². The standard InChI is InChI=1S/C14H18ClN3O/c1-3-13-12(8-18(2)17-13)14(9-19)16-11-6-4-5-10(15)7-11/h4-8,14,16,19H,3,9H2,1-2H3. The Hall–Kier alpha value is -1.52. The molecule has 0 radical (unpaired) electrons. The van der Waals surface area contributed by atoms with Gasteiger partial charge in [-0.15, -0.1) is 0 Å². The molecule has 19 heavy (non-hydrogen) atoms. The molecule has 0 aliphatic rings. The van der Waals surface area contributed by atoms with Crippen LogP contribution in [0.3, 0.4) is 0 Å². The molecule has 1 aromatic heterocycles. The summed E-state index contributed by atoms with van der Waals surface area (Å²) >= 11 is 5.96. The molecule has 1 aromatic carbocycles. The van der Waals surface area contributed by atoms with E-state index in [1.807, 2.05) is 37.5 Å². The van der Waals surface area contributed by atoms with Gasteiger partial charge >= 0.3 is 0 Å². The Morgan fingerprint density at radius 2 is 2.26 bits per heavy atom. The number of aliphatic hydroxyl groups is 1. The number of hydrogen-bond donors (Lipinski definition) is 2.